The number of ether oxygens (including phenoxy) is 1. The van der Waals surface area contributed by atoms with E-state index in [1.807, 2.05) is 25.1 Å². The largest absolute Gasteiger partial charge is 0.455 e. The standard InChI is InChI=1S/C17H20N2O/c1-12-3-8-17(14(9-12)10-19-15-5-6-15)20-16-7-4-13(2)18-11-16/h3-4,7-9,11,15,19H,5-6,10H2,1-2H3. The number of aryl methyl sites for hydroxylation is 2. The van der Waals surface area contributed by atoms with Crippen molar-refractivity contribution in [3.63, 3.8) is 0 Å². The first-order valence-corrected chi connectivity index (χ1v) is 7.14. The number of hydrogen-bond donors (Lipinski definition) is 1. The predicted molar refractivity (Wildman–Crippen MR) is 80.1 cm³/mol. The molecule has 3 heteroatoms. The highest BCUT2D eigenvalue weighted by Gasteiger charge is 2.20. The van der Waals surface area contributed by atoms with E-state index < -0.39 is 0 Å². The molecular weight excluding hydrogens is 248 g/mol. The van der Waals surface area contributed by atoms with Crippen LogP contribution in [0.1, 0.15) is 29.7 Å². The molecular formula is C17H20N2O. The molecule has 1 aromatic heterocycles. The molecule has 0 atom stereocenters. The molecule has 0 bridgehead atoms. The maximum absolute atomic E-state index is 5.97. The third-order valence-electron chi connectivity index (χ3n) is 3.49. The van der Waals surface area contributed by atoms with Gasteiger partial charge in [0.1, 0.15) is 11.5 Å². The third-order valence-corrected chi connectivity index (χ3v) is 3.49. The van der Waals surface area contributed by atoms with Gasteiger partial charge in [-0.2, -0.15) is 0 Å². The Hall–Kier alpha value is -1.87. The van der Waals surface area contributed by atoms with Gasteiger partial charge in [-0.1, -0.05) is 17.7 Å². The Balaban J connectivity index is 1.77. The van der Waals surface area contributed by atoms with Gasteiger partial charge >= 0.3 is 0 Å². The van der Waals surface area contributed by atoms with Crippen LogP contribution >= 0.6 is 0 Å². The SMILES string of the molecule is Cc1ccc(Oc2ccc(C)nc2)c(CNC2CC2)c1. The zero-order chi connectivity index (χ0) is 13.9. The number of aromatic nitrogens is 1. The molecule has 3 nitrogen and oxygen atoms in total. The summed E-state index contributed by atoms with van der Waals surface area (Å²) in [5.41, 5.74) is 3.46. The lowest BCUT2D eigenvalue weighted by molar-refractivity contribution is 0.470. The van der Waals surface area contributed by atoms with Gasteiger partial charge in [0.2, 0.25) is 0 Å². The van der Waals surface area contributed by atoms with Gasteiger partial charge in [-0.25, -0.2) is 0 Å². The van der Waals surface area contributed by atoms with Crippen molar-refractivity contribution in [2.75, 3.05) is 0 Å². The summed E-state index contributed by atoms with van der Waals surface area (Å²) in [5, 5.41) is 3.54. The second-order valence-electron chi connectivity index (χ2n) is 5.50. The fourth-order valence-electron chi connectivity index (χ4n) is 2.13. The lowest BCUT2D eigenvalue weighted by Crippen LogP contribution is -2.15. The van der Waals surface area contributed by atoms with Crippen LogP contribution in [0.2, 0.25) is 0 Å². The van der Waals surface area contributed by atoms with Gasteiger partial charge in [0, 0.05) is 23.8 Å². The molecule has 0 unspecified atom stereocenters. The van der Waals surface area contributed by atoms with Gasteiger partial charge in [-0.05, 0) is 44.9 Å². The second kappa shape index (κ2) is 5.63. The van der Waals surface area contributed by atoms with Crippen LogP contribution < -0.4 is 10.1 Å². The Morgan fingerprint density at radius 1 is 1.20 bits per heavy atom. The molecule has 20 heavy (non-hydrogen) atoms. The summed E-state index contributed by atoms with van der Waals surface area (Å²) in [5.74, 6) is 1.70. The monoisotopic (exact) mass is 268 g/mol. The minimum Gasteiger partial charge on any atom is -0.455 e. The van der Waals surface area contributed by atoms with Crippen molar-refractivity contribution in [2.45, 2.75) is 39.3 Å². The summed E-state index contributed by atoms with van der Waals surface area (Å²) >= 11 is 0. The molecule has 0 aliphatic heterocycles. The molecule has 1 aliphatic carbocycles. The first-order valence-electron chi connectivity index (χ1n) is 7.14. The minimum absolute atomic E-state index is 0.699. The van der Waals surface area contributed by atoms with E-state index in [-0.39, 0.29) is 0 Å². The maximum atomic E-state index is 5.97. The minimum atomic E-state index is 0.699. The van der Waals surface area contributed by atoms with Crippen molar-refractivity contribution < 1.29 is 4.74 Å². The summed E-state index contributed by atoms with van der Waals surface area (Å²) in [7, 11) is 0. The number of pyridine rings is 1. The molecule has 1 fully saturated rings. The maximum Gasteiger partial charge on any atom is 0.145 e. The Kier molecular flexibility index (Phi) is 3.70. The second-order valence-corrected chi connectivity index (χ2v) is 5.50. The summed E-state index contributed by atoms with van der Waals surface area (Å²) in [6.07, 6.45) is 4.36. The number of rotatable bonds is 5. The number of benzene rings is 1. The molecule has 0 amide bonds. The van der Waals surface area contributed by atoms with Crippen molar-refractivity contribution in [1.82, 2.24) is 10.3 Å². The van der Waals surface area contributed by atoms with Gasteiger partial charge in [0.05, 0.1) is 6.20 Å². The predicted octanol–water partition coefficient (Wildman–Crippen LogP) is 3.74. The molecule has 104 valence electrons. The Labute approximate surface area is 120 Å². The lowest BCUT2D eigenvalue weighted by Gasteiger charge is -2.12. The molecule has 1 aromatic carbocycles. The van der Waals surface area contributed by atoms with Crippen LogP contribution in [0.25, 0.3) is 0 Å². The van der Waals surface area contributed by atoms with Crippen molar-refractivity contribution in [3.05, 3.63) is 53.3 Å². The van der Waals surface area contributed by atoms with Crippen LogP contribution in [-0.2, 0) is 6.54 Å². The molecule has 3 rings (SSSR count). The molecule has 1 heterocycles. The third kappa shape index (κ3) is 3.36. The van der Waals surface area contributed by atoms with E-state index in [0.29, 0.717) is 6.04 Å². The van der Waals surface area contributed by atoms with E-state index >= 15 is 0 Å². The summed E-state index contributed by atoms with van der Waals surface area (Å²) in [6, 6.07) is 10.9. The van der Waals surface area contributed by atoms with E-state index in [2.05, 4.69) is 29.4 Å². The van der Waals surface area contributed by atoms with Crippen LogP contribution in [-0.4, -0.2) is 11.0 Å². The Bertz CT molecular complexity index is 588. The van der Waals surface area contributed by atoms with Crippen LogP contribution in [0, 0.1) is 13.8 Å². The first kappa shape index (κ1) is 13.1. The molecule has 1 saturated carbocycles. The topological polar surface area (TPSA) is 34.1 Å². The van der Waals surface area contributed by atoms with Crippen LogP contribution in [0.5, 0.6) is 11.5 Å². The highest BCUT2D eigenvalue weighted by atomic mass is 16.5. The van der Waals surface area contributed by atoms with E-state index in [9.17, 15) is 0 Å². The van der Waals surface area contributed by atoms with Gasteiger partial charge in [-0.3, -0.25) is 4.98 Å². The zero-order valence-corrected chi connectivity index (χ0v) is 12.0. The smallest absolute Gasteiger partial charge is 0.145 e. The van der Waals surface area contributed by atoms with Crippen molar-refractivity contribution in [3.8, 4) is 11.5 Å². The molecule has 1 aliphatic rings. The van der Waals surface area contributed by atoms with Crippen LogP contribution in [0.3, 0.4) is 0 Å². The summed E-state index contributed by atoms with van der Waals surface area (Å²) < 4.78 is 5.97. The van der Waals surface area contributed by atoms with E-state index in [1.165, 1.54) is 24.0 Å². The van der Waals surface area contributed by atoms with Gasteiger partial charge in [0.25, 0.3) is 0 Å². The fourth-order valence-corrected chi connectivity index (χ4v) is 2.13. The molecule has 0 radical (unpaired) electrons. The Morgan fingerprint density at radius 3 is 2.75 bits per heavy atom. The average molecular weight is 268 g/mol. The lowest BCUT2D eigenvalue weighted by atomic mass is 10.1. The number of nitrogens with zero attached hydrogens (tertiary/aromatic N) is 1. The van der Waals surface area contributed by atoms with Gasteiger partial charge in [0.15, 0.2) is 0 Å². The quantitative estimate of drug-likeness (QED) is 0.897. The summed E-state index contributed by atoms with van der Waals surface area (Å²) in [4.78, 5) is 4.27. The highest BCUT2D eigenvalue weighted by molar-refractivity contribution is 5.40. The van der Waals surface area contributed by atoms with Crippen molar-refractivity contribution >= 4 is 0 Å². The average Bonchev–Trinajstić information content (AvgIpc) is 3.25. The van der Waals surface area contributed by atoms with Gasteiger partial charge in [-0.15, -0.1) is 0 Å². The Morgan fingerprint density at radius 2 is 2.05 bits per heavy atom. The normalized spacial score (nSPS) is 14.3. The van der Waals surface area contributed by atoms with E-state index in [1.54, 1.807) is 6.20 Å². The van der Waals surface area contributed by atoms with Crippen molar-refractivity contribution in [2.24, 2.45) is 0 Å². The van der Waals surface area contributed by atoms with Crippen LogP contribution in [0.15, 0.2) is 36.5 Å². The molecule has 2 aromatic rings. The van der Waals surface area contributed by atoms with Crippen LogP contribution in [0.4, 0.5) is 0 Å². The molecule has 0 saturated heterocycles. The van der Waals surface area contributed by atoms with Gasteiger partial charge < -0.3 is 10.1 Å². The number of hydrogen-bond acceptors (Lipinski definition) is 3. The fraction of sp³-hybridized carbons (Fsp3) is 0.353. The summed E-state index contributed by atoms with van der Waals surface area (Å²) in [6.45, 7) is 4.94. The molecule has 1 N–H and O–H groups in total. The van der Waals surface area contributed by atoms with E-state index in [4.69, 9.17) is 4.74 Å². The molecule has 0 spiro atoms. The number of nitrogens with one attached hydrogen (secondary N) is 1. The van der Waals surface area contributed by atoms with Crippen molar-refractivity contribution in [1.29, 1.82) is 0 Å². The highest BCUT2D eigenvalue weighted by Crippen LogP contribution is 2.27. The van der Waals surface area contributed by atoms with E-state index in [0.717, 1.165) is 23.7 Å². The first-order chi connectivity index (χ1) is 9.70. The zero-order valence-electron chi connectivity index (χ0n) is 12.0.